The summed E-state index contributed by atoms with van der Waals surface area (Å²) in [4.78, 5) is 11.2. The predicted molar refractivity (Wildman–Crippen MR) is 53.9 cm³/mol. The van der Waals surface area contributed by atoms with Crippen LogP contribution in [0.4, 0.5) is 0 Å². The smallest absolute Gasteiger partial charge is 0.309 e. The number of ether oxygens (including phenoxy) is 1. The van der Waals surface area contributed by atoms with E-state index in [1.807, 2.05) is 27.7 Å². The summed E-state index contributed by atoms with van der Waals surface area (Å²) in [6.45, 7) is 7.51. The third-order valence-corrected chi connectivity index (χ3v) is 2.36. The second-order valence-corrected chi connectivity index (χ2v) is 4.47. The van der Waals surface area contributed by atoms with Crippen molar-refractivity contribution in [2.75, 3.05) is 4.43 Å². The molecule has 0 aliphatic rings. The summed E-state index contributed by atoms with van der Waals surface area (Å²) in [6, 6.07) is 0. The molecular formula is C8H15IO2. The van der Waals surface area contributed by atoms with Crippen LogP contribution in [-0.2, 0) is 9.53 Å². The van der Waals surface area contributed by atoms with Crippen LogP contribution in [0.3, 0.4) is 0 Å². The lowest BCUT2D eigenvalue weighted by molar-refractivity contribution is -0.158. The first-order valence-corrected chi connectivity index (χ1v) is 5.18. The maximum absolute atomic E-state index is 11.2. The number of hydrogen-bond acceptors (Lipinski definition) is 2. The van der Waals surface area contributed by atoms with Gasteiger partial charge in [0, 0.05) is 4.43 Å². The summed E-state index contributed by atoms with van der Waals surface area (Å²) in [7, 11) is 0. The molecule has 0 aromatic carbocycles. The quantitative estimate of drug-likeness (QED) is 0.437. The van der Waals surface area contributed by atoms with Crippen LogP contribution in [0, 0.1) is 5.92 Å². The minimum atomic E-state index is -0.350. The van der Waals surface area contributed by atoms with Crippen molar-refractivity contribution in [1.29, 1.82) is 0 Å². The molecule has 66 valence electrons. The molecule has 0 fully saturated rings. The predicted octanol–water partition coefficient (Wildman–Crippen LogP) is 2.40. The monoisotopic (exact) mass is 270 g/mol. The molecule has 3 heteroatoms. The molecule has 0 amide bonds. The van der Waals surface area contributed by atoms with Gasteiger partial charge in [-0.1, -0.05) is 29.5 Å². The van der Waals surface area contributed by atoms with Gasteiger partial charge >= 0.3 is 5.97 Å². The van der Waals surface area contributed by atoms with Crippen molar-refractivity contribution in [1.82, 2.24) is 0 Å². The zero-order valence-corrected chi connectivity index (χ0v) is 9.64. The molecule has 0 unspecified atom stereocenters. The molecular weight excluding hydrogens is 255 g/mol. The van der Waals surface area contributed by atoms with Gasteiger partial charge in [0.15, 0.2) is 0 Å². The molecule has 0 bridgehead atoms. The van der Waals surface area contributed by atoms with Crippen molar-refractivity contribution in [2.24, 2.45) is 5.92 Å². The van der Waals surface area contributed by atoms with Gasteiger partial charge in [-0.25, -0.2) is 0 Å². The van der Waals surface area contributed by atoms with Crippen LogP contribution in [0.1, 0.15) is 27.7 Å². The Labute approximate surface area is 81.8 Å². The number of halogens is 1. The Kier molecular flexibility index (Phi) is 4.36. The zero-order valence-electron chi connectivity index (χ0n) is 7.48. The van der Waals surface area contributed by atoms with E-state index in [0.29, 0.717) is 0 Å². The van der Waals surface area contributed by atoms with Gasteiger partial charge in [-0.05, 0) is 20.8 Å². The zero-order chi connectivity index (χ0) is 9.07. The maximum Gasteiger partial charge on any atom is 0.309 e. The summed E-state index contributed by atoms with van der Waals surface area (Å²) in [6.07, 6.45) is 0. The van der Waals surface area contributed by atoms with E-state index in [-0.39, 0.29) is 17.5 Å². The Bertz CT molecular complexity index is 138. The molecule has 11 heavy (non-hydrogen) atoms. The Balaban J connectivity index is 3.88. The van der Waals surface area contributed by atoms with Gasteiger partial charge in [-0.15, -0.1) is 0 Å². The summed E-state index contributed by atoms with van der Waals surface area (Å²) in [5.41, 5.74) is -0.350. The molecule has 0 aliphatic carbocycles. The lowest BCUT2D eigenvalue weighted by Crippen LogP contribution is -2.28. The first-order chi connectivity index (χ1) is 4.87. The van der Waals surface area contributed by atoms with Gasteiger partial charge in [-0.2, -0.15) is 0 Å². The number of alkyl halides is 1. The van der Waals surface area contributed by atoms with Gasteiger partial charge in [0.25, 0.3) is 0 Å². The van der Waals surface area contributed by atoms with Crippen LogP contribution in [0.15, 0.2) is 0 Å². The molecule has 2 nitrogen and oxygen atoms in total. The van der Waals surface area contributed by atoms with Crippen LogP contribution in [0.2, 0.25) is 0 Å². The summed E-state index contributed by atoms with van der Waals surface area (Å²) in [5, 5.41) is 0. The van der Waals surface area contributed by atoms with Crippen LogP contribution in [0.25, 0.3) is 0 Å². The number of rotatable bonds is 2. The molecule has 0 spiro atoms. The van der Waals surface area contributed by atoms with Crippen LogP contribution >= 0.6 is 22.6 Å². The van der Waals surface area contributed by atoms with E-state index in [4.69, 9.17) is 4.74 Å². The molecule has 0 aromatic rings. The average Bonchev–Trinajstić information content (AvgIpc) is 1.82. The van der Waals surface area contributed by atoms with Crippen LogP contribution in [-0.4, -0.2) is 16.0 Å². The normalized spacial score (nSPS) is 14.3. The Hall–Kier alpha value is 0.200. The standard InChI is InChI=1S/C8H15IO2/c1-6(5-9)7(10)11-8(2,3)4/h6H,5H2,1-4H3/t6-/m0/s1. The fourth-order valence-electron chi connectivity index (χ4n) is 0.465. The molecule has 0 saturated heterocycles. The van der Waals surface area contributed by atoms with E-state index in [1.54, 1.807) is 0 Å². The Morgan fingerprint density at radius 1 is 1.55 bits per heavy atom. The highest BCUT2D eigenvalue weighted by atomic mass is 127. The largest absolute Gasteiger partial charge is 0.460 e. The van der Waals surface area contributed by atoms with Crippen LogP contribution < -0.4 is 0 Å². The second-order valence-electron chi connectivity index (χ2n) is 3.59. The second kappa shape index (κ2) is 4.28. The number of carbonyl (C=O) groups is 1. The van der Waals surface area contributed by atoms with E-state index in [0.717, 1.165) is 4.43 Å². The number of hydrogen-bond donors (Lipinski definition) is 0. The maximum atomic E-state index is 11.2. The van der Waals surface area contributed by atoms with E-state index in [1.165, 1.54) is 0 Å². The SMILES string of the molecule is C[C@@H](CI)C(=O)OC(C)(C)C. The molecule has 1 atom stereocenters. The van der Waals surface area contributed by atoms with E-state index in [9.17, 15) is 4.79 Å². The molecule has 0 radical (unpaired) electrons. The molecule has 0 rings (SSSR count). The van der Waals surface area contributed by atoms with E-state index in [2.05, 4.69) is 22.6 Å². The van der Waals surface area contributed by atoms with Gasteiger partial charge in [-0.3, -0.25) is 4.79 Å². The minimum absolute atomic E-state index is 0.00910. The van der Waals surface area contributed by atoms with Crippen molar-refractivity contribution >= 4 is 28.6 Å². The summed E-state index contributed by atoms with van der Waals surface area (Å²) >= 11 is 2.18. The Morgan fingerprint density at radius 2 is 2.00 bits per heavy atom. The first kappa shape index (κ1) is 11.2. The third kappa shape index (κ3) is 5.47. The van der Waals surface area contributed by atoms with Crippen molar-refractivity contribution in [3.63, 3.8) is 0 Å². The fourth-order valence-corrected chi connectivity index (χ4v) is 0.825. The first-order valence-electron chi connectivity index (χ1n) is 3.65. The van der Waals surface area contributed by atoms with E-state index >= 15 is 0 Å². The van der Waals surface area contributed by atoms with Gasteiger partial charge in [0.2, 0.25) is 0 Å². The minimum Gasteiger partial charge on any atom is -0.460 e. The van der Waals surface area contributed by atoms with E-state index < -0.39 is 0 Å². The summed E-state index contributed by atoms with van der Waals surface area (Å²) < 4.78 is 5.96. The summed E-state index contributed by atoms with van der Waals surface area (Å²) in [5.74, 6) is -0.0956. The fraction of sp³-hybridized carbons (Fsp3) is 0.875. The Morgan fingerprint density at radius 3 is 2.27 bits per heavy atom. The highest BCUT2D eigenvalue weighted by Gasteiger charge is 2.20. The lowest BCUT2D eigenvalue weighted by Gasteiger charge is -2.21. The molecule has 0 aliphatic heterocycles. The topological polar surface area (TPSA) is 26.3 Å². The highest BCUT2D eigenvalue weighted by Crippen LogP contribution is 2.12. The molecule has 0 aromatic heterocycles. The van der Waals surface area contributed by atoms with Crippen LogP contribution in [0.5, 0.6) is 0 Å². The molecule has 0 N–H and O–H groups in total. The lowest BCUT2D eigenvalue weighted by atomic mass is 10.1. The van der Waals surface area contributed by atoms with Crippen molar-refractivity contribution in [2.45, 2.75) is 33.3 Å². The van der Waals surface area contributed by atoms with Crippen molar-refractivity contribution in [3.05, 3.63) is 0 Å². The third-order valence-electron chi connectivity index (χ3n) is 1.04. The van der Waals surface area contributed by atoms with Gasteiger partial charge in [0.1, 0.15) is 5.60 Å². The van der Waals surface area contributed by atoms with Gasteiger partial charge in [0.05, 0.1) is 5.92 Å². The number of carbonyl (C=O) groups excluding carboxylic acids is 1. The van der Waals surface area contributed by atoms with Crippen molar-refractivity contribution in [3.8, 4) is 0 Å². The highest BCUT2D eigenvalue weighted by molar-refractivity contribution is 14.1. The van der Waals surface area contributed by atoms with Gasteiger partial charge < -0.3 is 4.74 Å². The average molecular weight is 270 g/mol. The molecule has 0 saturated carbocycles. The molecule has 0 heterocycles. The number of esters is 1. The van der Waals surface area contributed by atoms with Crippen molar-refractivity contribution < 1.29 is 9.53 Å².